The molecule has 0 bridgehead atoms. The van der Waals surface area contributed by atoms with Crippen LogP contribution in [0.5, 0.6) is 0 Å². The Kier molecular flexibility index (Phi) is 4.38. The first kappa shape index (κ1) is 13.1. The average Bonchev–Trinajstić information content (AvgIpc) is 2.40. The molecule has 0 amide bonds. The number of halogens is 1. The molecule has 1 aliphatic rings. The van der Waals surface area contributed by atoms with Gasteiger partial charge in [0.15, 0.2) is 0 Å². The van der Waals surface area contributed by atoms with E-state index in [1.807, 2.05) is 0 Å². The van der Waals surface area contributed by atoms with Crippen molar-refractivity contribution in [3.05, 3.63) is 23.0 Å². The summed E-state index contributed by atoms with van der Waals surface area (Å²) >= 11 is 5.90. The van der Waals surface area contributed by atoms with Gasteiger partial charge in [-0.25, -0.2) is 9.78 Å². The lowest BCUT2D eigenvalue weighted by Gasteiger charge is -2.30. The minimum absolute atomic E-state index is 0.337. The second kappa shape index (κ2) is 6.02. The van der Waals surface area contributed by atoms with Crippen LogP contribution >= 0.6 is 11.6 Å². The molecule has 18 heavy (non-hydrogen) atoms. The second-order valence-corrected chi connectivity index (χ2v) is 4.23. The van der Waals surface area contributed by atoms with E-state index < -0.39 is 0 Å². The highest BCUT2D eigenvalue weighted by molar-refractivity contribution is 6.29. The Bertz CT molecular complexity index is 433. The predicted octanol–water partition coefficient (Wildman–Crippen LogP) is 1.75. The van der Waals surface area contributed by atoms with Crippen LogP contribution in [0, 0.1) is 0 Å². The number of ether oxygens (including phenoxy) is 2. The second-order valence-electron chi connectivity index (χ2n) is 3.84. The topological polar surface area (TPSA) is 51.7 Å². The first-order valence-electron chi connectivity index (χ1n) is 5.87. The number of pyridine rings is 1. The van der Waals surface area contributed by atoms with Gasteiger partial charge in [-0.1, -0.05) is 11.6 Å². The summed E-state index contributed by atoms with van der Waals surface area (Å²) in [4.78, 5) is 17.9. The Balaban J connectivity index is 2.30. The van der Waals surface area contributed by atoms with Crippen LogP contribution in [0.4, 0.5) is 5.69 Å². The van der Waals surface area contributed by atoms with E-state index in [9.17, 15) is 4.79 Å². The molecular weight excluding hydrogens is 256 g/mol. The molecule has 0 radical (unpaired) electrons. The van der Waals surface area contributed by atoms with Gasteiger partial charge in [0.25, 0.3) is 0 Å². The minimum Gasteiger partial charge on any atom is -0.462 e. The smallest absolute Gasteiger partial charge is 0.341 e. The van der Waals surface area contributed by atoms with Crippen molar-refractivity contribution in [2.75, 3.05) is 37.8 Å². The molecule has 1 fully saturated rings. The van der Waals surface area contributed by atoms with E-state index >= 15 is 0 Å². The van der Waals surface area contributed by atoms with Crippen molar-refractivity contribution in [2.45, 2.75) is 6.92 Å². The van der Waals surface area contributed by atoms with Gasteiger partial charge in [-0.05, 0) is 13.0 Å². The Morgan fingerprint density at radius 2 is 2.28 bits per heavy atom. The van der Waals surface area contributed by atoms with E-state index in [0.29, 0.717) is 30.5 Å². The highest BCUT2D eigenvalue weighted by Gasteiger charge is 2.20. The zero-order chi connectivity index (χ0) is 13.0. The summed E-state index contributed by atoms with van der Waals surface area (Å²) in [6.07, 6.45) is 1.46. The summed E-state index contributed by atoms with van der Waals surface area (Å²) in [6.45, 7) is 4.85. The summed E-state index contributed by atoms with van der Waals surface area (Å²) in [6, 6.07) is 1.69. The lowest BCUT2D eigenvalue weighted by molar-refractivity contribution is 0.0525. The highest BCUT2D eigenvalue weighted by atomic mass is 35.5. The number of hydrogen-bond donors (Lipinski definition) is 0. The third-order valence-corrected chi connectivity index (χ3v) is 2.90. The number of nitrogens with zero attached hydrogens (tertiary/aromatic N) is 2. The van der Waals surface area contributed by atoms with Gasteiger partial charge in [-0.15, -0.1) is 0 Å². The van der Waals surface area contributed by atoms with Gasteiger partial charge in [-0.2, -0.15) is 0 Å². The minimum atomic E-state index is -0.372. The molecule has 1 aromatic rings. The van der Waals surface area contributed by atoms with Gasteiger partial charge in [0.2, 0.25) is 0 Å². The van der Waals surface area contributed by atoms with Crippen LogP contribution in [-0.4, -0.2) is 43.9 Å². The molecule has 0 atom stereocenters. The molecule has 6 heteroatoms. The molecule has 1 aromatic heterocycles. The average molecular weight is 271 g/mol. The molecule has 0 N–H and O–H groups in total. The first-order valence-corrected chi connectivity index (χ1v) is 6.25. The SMILES string of the molecule is CCOC(=O)c1cnc(Cl)cc1N1CCOCC1. The monoisotopic (exact) mass is 270 g/mol. The van der Waals surface area contributed by atoms with Gasteiger partial charge >= 0.3 is 5.97 Å². The van der Waals surface area contributed by atoms with Crippen LogP contribution in [0.3, 0.4) is 0 Å². The normalized spacial score (nSPS) is 15.6. The van der Waals surface area contributed by atoms with Crippen LogP contribution in [0.25, 0.3) is 0 Å². The number of aromatic nitrogens is 1. The maximum atomic E-state index is 11.9. The molecule has 2 heterocycles. The fourth-order valence-corrected chi connectivity index (χ4v) is 2.00. The Morgan fingerprint density at radius 3 is 2.94 bits per heavy atom. The molecule has 0 spiro atoms. The summed E-state index contributed by atoms with van der Waals surface area (Å²) < 4.78 is 10.3. The third-order valence-electron chi connectivity index (χ3n) is 2.70. The molecule has 0 saturated carbocycles. The lowest BCUT2D eigenvalue weighted by Crippen LogP contribution is -2.37. The zero-order valence-electron chi connectivity index (χ0n) is 10.2. The Morgan fingerprint density at radius 1 is 1.56 bits per heavy atom. The van der Waals surface area contributed by atoms with E-state index in [1.54, 1.807) is 13.0 Å². The number of morpholine rings is 1. The van der Waals surface area contributed by atoms with Crippen LogP contribution in [0.15, 0.2) is 12.3 Å². The number of esters is 1. The van der Waals surface area contributed by atoms with E-state index in [1.165, 1.54) is 6.20 Å². The number of carbonyl (C=O) groups is 1. The number of rotatable bonds is 3. The fourth-order valence-electron chi connectivity index (χ4n) is 1.85. The standard InChI is InChI=1S/C12H15ClN2O3/c1-2-18-12(16)9-8-14-11(13)7-10(9)15-3-5-17-6-4-15/h7-8H,2-6H2,1H3. The molecule has 0 unspecified atom stereocenters. The van der Waals surface area contributed by atoms with Gasteiger partial charge in [0, 0.05) is 19.3 Å². The molecule has 2 rings (SSSR count). The molecule has 98 valence electrons. The molecule has 0 aliphatic carbocycles. The molecular formula is C12H15ClN2O3. The fraction of sp³-hybridized carbons (Fsp3) is 0.500. The van der Waals surface area contributed by atoms with Crippen molar-refractivity contribution in [1.29, 1.82) is 0 Å². The van der Waals surface area contributed by atoms with Gasteiger partial charge in [-0.3, -0.25) is 0 Å². The zero-order valence-corrected chi connectivity index (χ0v) is 10.9. The number of anilines is 1. The maximum Gasteiger partial charge on any atom is 0.341 e. The van der Waals surface area contributed by atoms with E-state index in [0.717, 1.165) is 18.8 Å². The first-order chi connectivity index (χ1) is 8.72. The van der Waals surface area contributed by atoms with Gasteiger partial charge in [0.1, 0.15) is 10.7 Å². The summed E-state index contributed by atoms with van der Waals surface area (Å²) in [5, 5.41) is 0.365. The van der Waals surface area contributed by atoms with Crippen molar-refractivity contribution in [1.82, 2.24) is 4.98 Å². The highest BCUT2D eigenvalue weighted by Crippen LogP contribution is 2.24. The lowest BCUT2D eigenvalue weighted by atomic mass is 10.2. The van der Waals surface area contributed by atoms with Gasteiger partial charge in [0.05, 0.1) is 25.5 Å². The molecule has 0 aromatic carbocycles. The van der Waals surface area contributed by atoms with E-state index in [2.05, 4.69) is 9.88 Å². The summed E-state index contributed by atoms with van der Waals surface area (Å²) in [5.41, 5.74) is 1.21. The van der Waals surface area contributed by atoms with Crippen molar-refractivity contribution in [2.24, 2.45) is 0 Å². The predicted molar refractivity (Wildman–Crippen MR) is 68.2 cm³/mol. The third kappa shape index (κ3) is 2.91. The van der Waals surface area contributed by atoms with Crippen molar-refractivity contribution >= 4 is 23.3 Å². The molecule has 5 nitrogen and oxygen atoms in total. The van der Waals surface area contributed by atoms with Crippen LogP contribution in [-0.2, 0) is 9.47 Å². The molecule has 1 saturated heterocycles. The van der Waals surface area contributed by atoms with E-state index in [-0.39, 0.29) is 5.97 Å². The van der Waals surface area contributed by atoms with Gasteiger partial charge < -0.3 is 14.4 Å². The number of hydrogen-bond acceptors (Lipinski definition) is 5. The maximum absolute atomic E-state index is 11.9. The number of carbonyl (C=O) groups excluding carboxylic acids is 1. The summed E-state index contributed by atoms with van der Waals surface area (Å²) in [5.74, 6) is -0.372. The summed E-state index contributed by atoms with van der Waals surface area (Å²) in [7, 11) is 0. The van der Waals surface area contributed by atoms with Crippen LogP contribution in [0.1, 0.15) is 17.3 Å². The van der Waals surface area contributed by atoms with Crippen LogP contribution < -0.4 is 4.90 Å². The Labute approximate surface area is 111 Å². The Hall–Kier alpha value is -1.33. The van der Waals surface area contributed by atoms with Crippen molar-refractivity contribution < 1.29 is 14.3 Å². The van der Waals surface area contributed by atoms with Crippen LogP contribution in [0.2, 0.25) is 5.15 Å². The quantitative estimate of drug-likeness (QED) is 0.619. The largest absolute Gasteiger partial charge is 0.462 e. The van der Waals surface area contributed by atoms with Crippen molar-refractivity contribution in [3.8, 4) is 0 Å². The van der Waals surface area contributed by atoms with E-state index in [4.69, 9.17) is 21.1 Å². The van der Waals surface area contributed by atoms with Crippen molar-refractivity contribution in [3.63, 3.8) is 0 Å². The molecule has 1 aliphatic heterocycles.